The van der Waals surface area contributed by atoms with Gasteiger partial charge in [0.15, 0.2) is 0 Å². The van der Waals surface area contributed by atoms with Gasteiger partial charge in [0.2, 0.25) is 0 Å². The van der Waals surface area contributed by atoms with Gasteiger partial charge in [0.25, 0.3) is 0 Å². The molecule has 0 amide bonds. The van der Waals surface area contributed by atoms with Crippen LogP contribution in [-0.4, -0.2) is 0 Å². The Kier molecular flexibility index (Phi) is 7.71. The molecule has 0 aliphatic heterocycles. The van der Waals surface area contributed by atoms with E-state index in [0.29, 0.717) is 11.1 Å². The van der Waals surface area contributed by atoms with Crippen molar-refractivity contribution in [2.75, 3.05) is 0 Å². The maximum atomic E-state index is 8.37. The summed E-state index contributed by atoms with van der Waals surface area (Å²) in [6.45, 7) is 0. The monoisotopic (exact) mass is 304 g/mol. The van der Waals surface area contributed by atoms with Gasteiger partial charge < -0.3 is 0 Å². The van der Waals surface area contributed by atoms with Crippen molar-refractivity contribution in [2.45, 2.75) is 0 Å². The molecule has 0 unspecified atom stereocenters. The Labute approximate surface area is 92.8 Å². The van der Waals surface area contributed by atoms with Crippen molar-refractivity contribution in [3.63, 3.8) is 0 Å². The summed E-state index contributed by atoms with van der Waals surface area (Å²) in [5, 5.41) is 16.7. The van der Waals surface area contributed by atoms with Gasteiger partial charge in [-0.25, -0.2) is 0 Å². The van der Waals surface area contributed by atoms with Crippen molar-refractivity contribution < 1.29 is 15.9 Å². The van der Waals surface area contributed by atoms with Gasteiger partial charge in [-0.1, -0.05) is 0 Å². The summed E-state index contributed by atoms with van der Waals surface area (Å²) in [6, 6.07) is 10.4. The number of nitrogens with zero attached hydrogens (tertiary/aromatic N) is 2. The predicted octanol–water partition coefficient (Wildman–Crippen LogP) is 2.81. The second-order valence-electron chi connectivity index (χ2n) is 1.85. The topological polar surface area (TPSA) is 47.6 Å². The molecule has 0 aromatic heterocycles. The molecule has 2 nitrogen and oxygen atoms in total. The third-order valence-corrected chi connectivity index (χ3v) is 1.14. The fourth-order valence-corrected chi connectivity index (χ4v) is 0.619. The van der Waals surface area contributed by atoms with Gasteiger partial charge in [-0.2, -0.15) is 10.5 Å². The van der Waals surface area contributed by atoms with Gasteiger partial charge in [-0.15, -0.1) is 0 Å². The Morgan fingerprint density at radius 3 is 1.31 bits per heavy atom. The number of halogens is 2. The molecule has 0 bridgehead atoms. The van der Waals surface area contributed by atoms with E-state index in [1.54, 1.807) is 24.3 Å². The first-order chi connectivity index (χ1) is 6.28. The molecule has 13 heavy (non-hydrogen) atoms. The zero-order valence-corrected chi connectivity index (χ0v) is 9.34. The van der Waals surface area contributed by atoms with E-state index < -0.39 is 0 Å². The zero-order chi connectivity index (χ0) is 10.1. The van der Waals surface area contributed by atoms with Crippen molar-refractivity contribution in [2.24, 2.45) is 0 Å². The molecule has 0 aliphatic carbocycles. The molecule has 0 saturated carbocycles. The first-order valence-electron chi connectivity index (χ1n) is 3.01. The molecule has 0 fully saturated rings. The van der Waals surface area contributed by atoms with Crippen LogP contribution in [0.3, 0.4) is 0 Å². The summed E-state index contributed by atoms with van der Waals surface area (Å²) in [5.41, 5.74) is 1.16. The van der Waals surface area contributed by atoms with Crippen LogP contribution >= 0.6 is 19.1 Å². The van der Waals surface area contributed by atoms with Crippen LogP contribution in [-0.2, 0) is 15.9 Å². The number of hydrogen-bond donors (Lipinski definition) is 0. The van der Waals surface area contributed by atoms with E-state index in [9.17, 15) is 0 Å². The molecule has 0 radical (unpaired) electrons. The van der Waals surface area contributed by atoms with Crippen molar-refractivity contribution in [1.29, 1.82) is 10.5 Å². The Morgan fingerprint density at radius 1 is 0.923 bits per heavy atom. The quantitative estimate of drug-likeness (QED) is 0.692. The average molecular weight is 305 g/mol. The fraction of sp³-hybridized carbons (Fsp3) is 0. The van der Waals surface area contributed by atoms with Gasteiger partial charge in [-0.3, -0.25) is 0 Å². The second-order valence-corrected chi connectivity index (χ2v) is 4.21. The van der Waals surface area contributed by atoms with Crippen LogP contribution in [0.15, 0.2) is 24.3 Å². The van der Waals surface area contributed by atoms with Gasteiger partial charge in [0.05, 0.1) is 23.3 Å². The van der Waals surface area contributed by atoms with Crippen molar-refractivity contribution in [3.05, 3.63) is 35.4 Å². The molecule has 1 aromatic rings. The van der Waals surface area contributed by atoms with Gasteiger partial charge in [0, 0.05) is 0 Å². The summed E-state index contributed by atoms with van der Waals surface area (Å²) in [5.74, 6) is 0. The molecule has 0 saturated heterocycles. The fourth-order valence-electron chi connectivity index (χ4n) is 0.619. The first-order valence-corrected chi connectivity index (χ1v) is 7.01. The Hall–Kier alpha value is -0.558. The van der Waals surface area contributed by atoms with E-state index in [4.69, 9.17) is 29.6 Å². The van der Waals surface area contributed by atoms with Crippen LogP contribution in [0.2, 0.25) is 0 Å². The third-order valence-electron chi connectivity index (χ3n) is 1.14. The van der Waals surface area contributed by atoms with Crippen LogP contribution in [0, 0.1) is 22.7 Å². The maximum absolute atomic E-state index is 8.37. The van der Waals surface area contributed by atoms with Gasteiger partial charge in [0.1, 0.15) is 0 Å². The second kappa shape index (κ2) is 8.06. The number of nitriles is 2. The molecule has 1 aromatic carbocycles. The average Bonchev–Trinajstić information content (AvgIpc) is 2.19. The van der Waals surface area contributed by atoms with Crippen LogP contribution in [0.5, 0.6) is 0 Å². The van der Waals surface area contributed by atoms with Crippen molar-refractivity contribution in [1.82, 2.24) is 0 Å². The molecule has 70 valence electrons. The Balaban J connectivity index is 0.000000424. The minimum absolute atomic E-state index is 0.106. The Morgan fingerprint density at radius 2 is 1.15 bits per heavy atom. The molecule has 5 heteroatoms. The molecular formula is C8H4Cl2N2Pd. The van der Waals surface area contributed by atoms with E-state index in [1.165, 1.54) is 0 Å². The van der Waals surface area contributed by atoms with Crippen LogP contribution < -0.4 is 0 Å². The molecule has 0 heterocycles. The first kappa shape index (κ1) is 12.4. The number of rotatable bonds is 0. The number of hydrogen-bond acceptors (Lipinski definition) is 2. The minimum atomic E-state index is -0.106. The van der Waals surface area contributed by atoms with Gasteiger partial charge >= 0.3 is 35.0 Å². The van der Waals surface area contributed by atoms with E-state index in [2.05, 4.69) is 0 Å². The standard InChI is InChI=1S/C8H4N2.2ClH.Pd/c9-5-7-1-2-8(6-10)4-3-7;;;/h1-4H;2*1H;/q;;;+2/p-2. The molecule has 0 N–H and O–H groups in total. The molecule has 1 rings (SSSR count). The third kappa shape index (κ3) is 5.65. The summed E-state index contributed by atoms with van der Waals surface area (Å²) in [6.07, 6.45) is 0. The normalized spacial score (nSPS) is 7.69. The molecule has 0 spiro atoms. The van der Waals surface area contributed by atoms with Crippen molar-refractivity contribution in [3.8, 4) is 12.1 Å². The zero-order valence-electron chi connectivity index (χ0n) is 6.28. The molecule has 0 atom stereocenters. The summed E-state index contributed by atoms with van der Waals surface area (Å²) < 4.78 is 0. The molecular weight excluding hydrogens is 301 g/mol. The van der Waals surface area contributed by atoms with E-state index in [-0.39, 0.29) is 15.9 Å². The van der Waals surface area contributed by atoms with Crippen LogP contribution in [0.1, 0.15) is 11.1 Å². The predicted molar refractivity (Wildman–Crippen MR) is 47.6 cm³/mol. The van der Waals surface area contributed by atoms with E-state index in [0.717, 1.165) is 0 Å². The summed E-state index contributed by atoms with van der Waals surface area (Å²) in [7, 11) is 9.63. The van der Waals surface area contributed by atoms with Crippen LogP contribution in [0.25, 0.3) is 0 Å². The van der Waals surface area contributed by atoms with E-state index in [1.807, 2.05) is 12.1 Å². The SMILES string of the molecule is N#Cc1ccc(C#N)cc1.[Cl][Pd][Cl]. The van der Waals surface area contributed by atoms with Gasteiger partial charge in [-0.05, 0) is 24.3 Å². The summed E-state index contributed by atoms with van der Waals surface area (Å²) >= 11 is -0.106. The van der Waals surface area contributed by atoms with Crippen molar-refractivity contribution >= 4 is 19.1 Å². The molecule has 0 aliphatic rings. The Bertz CT molecular complexity index is 290. The number of benzene rings is 1. The van der Waals surface area contributed by atoms with E-state index >= 15 is 0 Å². The summed E-state index contributed by atoms with van der Waals surface area (Å²) in [4.78, 5) is 0. The van der Waals surface area contributed by atoms with Crippen LogP contribution in [0.4, 0.5) is 0 Å².